The van der Waals surface area contributed by atoms with Crippen LogP contribution in [0.5, 0.6) is 5.75 Å². The van der Waals surface area contributed by atoms with Crippen LogP contribution in [0.15, 0.2) is 60.7 Å². The zero-order valence-corrected chi connectivity index (χ0v) is 16.6. The van der Waals surface area contributed by atoms with Gasteiger partial charge in [0, 0.05) is 6.07 Å². The maximum absolute atomic E-state index is 12.3. The fourth-order valence-electron chi connectivity index (χ4n) is 2.65. The van der Waals surface area contributed by atoms with E-state index in [-0.39, 0.29) is 18.6 Å². The number of para-hydroxylation sites is 1. The Morgan fingerprint density at radius 3 is 2.41 bits per heavy atom. The number of amides is 1. The Balaban J connectivity index is 1.59. The van der Waals surface area contributed by atoms with Crippen LogP contribution in [0.3, 0.4) is 0 Å². The first kappa shape index (κ1) is 20.1. The maximum atomic E-state index is 12.3. The number of nitrogens with zero attached hydrogens (tertiary/aromatic N) is 2. The highest BCUT2D eigenvalue weighted by Gasteiger charge is 2.12. The van der Waals surface area contributed by atoms with Crippen molar-refractivity contribution in [1.82, 2.24) is 9.78 Å². The summed E-state index contributed by atoms with van der Waals surface area (Å²) >= 11 is 0. The third-order valence-corrected chi connectivity index (χ3v) is 3.90. The minimum atomic E-state index is -0.395. The summed E-state index contributed by atoms with van der Waals surface area (Å²) in [5.41, 5.74) is 2.06. The highest BCUT2D eigenvalue weighted by Crippen LogP contribution is 2.17. The molecule has 0 aliphatic rings. The Kier molecular flexibility index (Phi) is 6.29. The molecule has 0 aliphatic carbocycles. The van der Waals surface area contributed by atoms with Crippen LogP contribution < -0.4 is 10.1 Å². The van der Waals surface area contributed by atoms with Crippen LogP contribution >= 0.6 is 0 Å². The van der Waals surface area contributed by atoms with Crippen LogP contribution in [0.4, 0.5) is 5.82 Å². The van der Waals surface area contributed by atoms with Gasteiger partial charge in [0.05, 0.1) is 23.0 Å². The monoisotopic (exact) mass is 393 g/mol. The summed E-state index contributed by atoms with van der Waals surface area (Å²) < 4.78 is 12.3. The number of esters is 1. The molecule has 3 aromatic rings. The van der Waals surface area contributed by atoms with Crippen molar-refractivity contribution in [3.8, 4) is 11.4 Å². The van der Waals surface area contributed by atoms with E-state index in [4.69, 9.17) is 9.47 Å². The van der Waals surface area contributed by atoms with Crippen molar-refractivity contribution in [2.45, 2.75) is 26.9 Å². The Bertz CT molecular complexity index is 979. The molecular weight excluding hydrogens is 370 g/mol. The van der Waals surface area contributed by atoms with Crippen LogP contribution in [0.2, 0.25) is 0 Å². The van der Waals surface area contributed by atoms with Gasteiger partial charge < -0.3 is 14.8 Å². The van der Waals surface area contributed by atoms with Gasteiger partial charge in [0.15, 0.2) is 6.61 Å². The predicted molar refractivity (Wildman–Crippen MR) is 109 cm³/mol. The summed E-state index contributed by atoms with van der Waals surface area (Å²) in [5.74, 6) is 0.335. The van der Waals surface area contributed by atoms with E-state index in [0.29, 0.717) is 17.1 Å². The molecule has 0 bridgehead atoms. The SMILES string of the molecule is Cc1cc(NC(=O)COc2ccc(C(=O)OC(C)C)cc2)n(-c2ccccc2)n1. The summed E-state index contributed by atoms with van der Waals surface area (Å²) in [5, 5.41) is 7.23. The van der Waals surface area contributed by atoms with Gasteiger partial charge in [-0.05, 0) is 57.2 Å². The van der Waals surface area contributed by atoms with Crippen molar-refractivity contribution >= 4 is 17.7 Å². The van der Waals surface area contributed by atoms with Crippen LogP contribution in [0.25, 0.3) is 5.69 Å². The number of rotatable bonds is 7. The Morgan fingerprint density at radius 1 is 1.07 bits per heavy atom. The van der Waals surface area contributed by atoms with Crippen molar-refractivity contribution in [2.24, 2.45) is 0 Å². The lowest BCUT2D eigenvalue weighted by Gasteiger charge is -2.10. The van der Waals surface area contributed by atoms with E-state index in [1.54, 1.807) is 48.9 Å². The molecule has 2 aromatic carbocycles. The van der Waals surface area contributed by atoms with Crippen molar-refractivity contribution in [2.75, 3.05) is 11.9 Å². The normalized spacial score (nSPS) is 10.6. The number of hydrogen-bond donors (Lipinski definition) is 1. The van der Waals surface area contributed by atoms with Crippen molar-refractivity contribution in [3.05, 3.63) is 71.9 Å². The molecule has 0 spiro atoms. The van der Waals surface area contributed by atoms with Gasteiger partial charge in [0.1, 0.15) is 11.6 Å². The van der Waals surface area contributed by atoms with Gasteiger partial charge in [-0.25, -0.2) is 9.48 Å². The molecule has 7 heteroatoms. The lowest BCUT2D eigenvalue weighted by Crippen LogP contribution is -2.22. The predicted octanol–water partition coefficient (Wildman–Crippen LogP) is 3.76. The third kappa shape index (κ3) is 5.44. The first-order valence-electron chi connectivity index (χ1n) is 9.28. The summed E-state index contributed by atoms with van der Waals surface area (Å²) in [7, 11) is 0. The molecule has 29 heavy (non-hydrogen) atoms. The average molecular weight is 393 g/mol. The molecule has 0 saturated heterocycles. The summed E-state index contributed by atoms with van der Waals surface area (Å²) in [6.07, 6.45) is -0.185. The second-order valence-corrected chi connectivity index (χ2v) is 6.73. The molecule has 1 aromatic heterocycles. The number of hydrogen-bond acceptors (Lipinski definition) is 5. The number of nitrogens with one attached hydrogen (secondary N) is 1. The molecular formula is C22H23N3O4. The van der Waals surface area contributed by atoms with Gasteiger partial charge >= 0.3 is 5.97 Å². The van der Waals surface area contributed by atoms with Crippen LogP contribution in [0.1, 0.15) is 29.9 Å². The first-order chi connectivity index (χ1) is 13.9. The number of anilines is 1. The summed E-state index contributed by atoms with van der Waals surface area (Å²) in [6.45, 7) is 5.27. The van der Waals surface area contributed by atoms with Crippen molar-refractivity contribution < 1.29 is 19.1 Å². The average Bonchev–Trinajstić information content (AvgIpc) is 3.07. The lowest BCUT2D eigenvalue weighted by atomic mass is 10.2. The van der Waals surface area contributed by atoms with Gasteiger partial charge in [0.2, 0.25) is 0 Å². The second-order valence-electron chi connectivity index (χ2n) is 6.73. The fourth-order valence-corrected chi connectivity index (χ4v) is 2.65. The van der Waals surface area contributed by atoms with Crippen LogP contribution in [0, 0.1) is 6.92 Å². The highest BCUT2D eigenvalue weighted by molar-refractivity contribution is 5.91. The lowest BCUT2D eigenvalue weighted by molar-refractivity contribution is -0.118. The molecule has 0 aliphatic heterocycles. The number of carbonyl (C=O) groups excluding carboxylic acids is 2. The van der Waals surface area contributed by atoms with Crippen molar-refractivity contribution in [3.63, 3.8) is 0 Å². The molecule has 0 fully saturated rings. The van der Waals surface area contributed by atoms with Crippen molar-refractivity contribution in [1.29, 1.82) is 0 Å². The van der Waals surface area contributed by atoms with E-state index in [2.05, 4.69) is 10.4 Å². The van der Waals surface area contributed by atoms with Gasteiger partial charge in [-0.15, -0.1) is 0 Å². The van der Waals surface area contributed by atoms with Crippen LogP contribution in [-0.4, -0.2) is 34.4 Å². The Hall–Kier alpha value is -3.61. The van der Waals surface area contributed by atoms with E-state index in [9.17, 15) is 9.59 Å². The first-order valence-corrected chi connectivity index (χ1v) is 9.28. The van der Waals surface area contributed by atoms with Gasteiger partial charge in [-0.3, -0.25) is 4.79 Å². The minimum absolute atomic E-state index is 0.172. The molecule has 0 radical (unpaired) electrons. The Morgan fingerprint density at radius 2 is 1.76 bits per heavy atom. The second kappa shape index (κ2) is 9.05. The quantitative estimate of drug-likeness (QED) is 0.618. The van der Waals surface area contributed by atoms with E-state index in [0.717, 1.165) is 11.4 Å². The number of carbonyl (C=O) groups is 2. The number of ether oxygens (including phenoxy) is 2. The molecule has 1 N–H and O–H groups in total. The zero-order valence-electron chi connectivity index (χ0n) is 16.6. The standard InChI is InChI=1S/C22H23N3O4/c1-15(2)29-22(27)17-9-11-19(12-10-17)28-14-21(26)23-20-13-16(3)24-25(20)18-7-5-4-6-8-18/h4-13,15H,14H2,1-3H3,(H,23,26). The topological polar surface area (TPSA) is 82.5 Å². The van der Waals surface area contributed by atoms with Gasteiger partial charge in [-0.2, -0.15) is 5.10 Å². The summed E-state index contributed by atoms with van der Waals surface area (Å²) in [4.78, 5) is 24.2. The molecule has 0 saturated carbocycles. The van der Waals surface area contributed by atoms with E-state index >= 15 is 0 Å². The third-order valence-electron chi connectivity index (χ3n) is 3.90. The minimum Gasteiger partial charge on any atom is -0.484 e. The molecule has 0 atom stereocenters. The smallest absolute Gasteiger partial charge is 0.338 e. The molecule has 7 nitrogen and oxygen atoms in total. The zero-order chi connectivity index (χ0) is 20.8. The number of aromatic nitrogens is 2. The van der Waals surface area contributed by atoms with E-state index < -0.39 is 5.97 Å². The van der Waals surface area contributed by atoms with Crippen LogP contribution in [-0.2, 0) is 9.53 Å². The number of benzene rings is 2. The molecule has 1 amide bonds. The largest absolute Gasteiger partial charge is 0.484 e. The molecule has 1 heterocycles. The highest BCUT2D eigenvalue weighted by atomic mass is 16.5. The Labute approximate surface area is 169 Å². The van der Waals surface area contributed by atoms with Gasteiger partial charge in [0.25, 0.3) is 5.91 Å². The maximum Gasteiger partial charge on any atom is 0.338 e. The van der Waals surface area contributed by atoms with E-state index in [1.807, 2.05) is 37.3 Å². The molecule has 3 rings (SSSR count). The number of aryl methyl sites for hydroxylation is 1. The summed E-state index contributed by atoms with van der Waals surface area (Å²) in [6, 6.07) is 17.8. The molecule has 0 unspecified atom stereocenters. The van der Waals surface area contributed by atoms with Gasteiger partial charge in [-0.1, -0.05) is 18.2 Å². The fraction of sp³-hybridized carbons (Fsp3) is 0.227. The van der Waals surface area contributed by atoms with E-state index in [1.165, 1.54) is 0 Å². The molecule has 150 valence electrons.